The van der Waals surface area contributed by atoms with Crippen LogP contribution in [0.5, 0.6) is 0 Å². The van der Waals surface area contributed by atoms with Gasteiger partial charge in [0, 0.05) is 31.1 Å². The minimum absolute atomic E-state index is 0.374. The van der Waals surface area contributed by atoms with E-state index in [2.05, 4.69) is 51.4 Å². The number of aryl methyl sites for hydroxylation is 1. The molecule has 0 amide bonds. The molecule has 0 spiro atoms. The molecule has 3 aromatic heterocycles. The number of nitrogens with one attached hydrogen (secondary N) is 1. The lowest BCUT2D eigenvalue weighted by atomic mass is 9.99. The van der Waals surface area contributed by atoms with Crippen LogP contribution < -0.4 is 16.0 Å². The second-order valence-corrected chi connectivity index (χ2v) is 10.9. The van der Waals surface area contributed by atoms with Crippen LogP contribution in [0.4, 0.5) is 11.6 Å². The van der Waals surface area contributed by atoms with Gasteiger partial charge in [0.05, 0.1) is 16.3 Å². The quantitative estimate of drug-likeness (QED) is 0.275. The van der Waals surface area contributed by atoms with Gasteiger partial charge in [0.1, 0.15) is 22.8 Å². The number of hydrogen-bond acceptors (Lipinski definition) is 8. The number of nitrogens with zero attached hydrogens (tertiary/aromatic N) is 4. The number of pyridine rings is 1. The maximum absolute atomic E-state index is 10.9. The zero-order chi connectivity index (χ0) is 25.4. The number of benzene rings is 2. The van der Waals surface area contributed by atoms with E-state index >= 15 is 0 Å². The molecule has 2 aromatic carbocycles. The van der Waals surface area contributed by atoms with Gasteiger partial charge in [-0.3, -0.25) is 0 Å². The Labute approximate surface area is 220 Å². The number of fused-ring (bicyclic) bond motifs is 4. The summed E-state index contributed by atoms with van der Waals surface area (Å²) in [6.07, 6.45) is 5.06. The Hall–Kier alpha value is -3.33. The van der Waals surface area contributed by atoms with Gasteiger partial charge in [0.25, 0.3) is 0 Å². The van der Waals surface area contributed by atoms with Gasteiger partial charge in [-0.1, -0.05) is 55.8 Å². The molecular weight excluding hydrogens is 480 g/mol. The summed E-state index contributed by atoms with van der Waals surface area (Å²) >= 11 is 1.59. The Bertz CT molecular complexity index is 1550. The van der Waals surface area contributed by atoms with Gasteiger partial charge in [-0.05, 0) is 47.2 Å². The topological polar surface area (TPSA) is 100 Å². The Balaban J connectivity index is 1.15. The first-order chi connectivity index (χ1) is 18.1. The van der Waals surface area contributed by atoms with E-state index in [0.29, 0.717) is 18.4 Å². The highest BCUT2D eigenvalue weighted by atomic mass is 32.1. The molecule has 1 aliphatic heterocycles. The maximum atomic E-state index is 10.9. The Kier molecular flexibility index (Phi) is 6.63. The van der Waals surface area contributed by atoms with E-state index in [1.165, 1.54) is 5.56 Å². The second-order valence-electron chi connectivity index (χ2n) is 9.86. The molecule has 1 fully saturated rings. The highest BCUT2D eigenvalue weighted by molar-refractivity contribution is 7.26. The minimum Gasteiger partial charge on any atom is -0.387 e. The first-order valence-corrected chi connectivity index (χ1v) is 13.9. The SMILES string of the molecule is CCCc1cc(N2CCC(NCC(O)c3cccc4ccccc34)CC2)nc2sc3c(N)ncnc3c12. The lowest BCUT2D eigenvalue weighted by Crippen LogP contribution is -2.44. The van der Waals surface area contributed by atoms with E-state index in [1.807, 2.05) is 24.3 Å². The van der Waals surface area contributed by atoms with Crippen molar-refractivity contribution < 1.29 is 5.11 Å². The number of aliphatic hydroxyl groups excluding tert-OH is 1. The normalized spacial score (nSPS) is 15.7. The monoisotopic (exact) mass is 512 g/mol. The number of aromatic nitrogens is 3. The van der Waals surface area contributed by atoms with Gasteiger partial charge in [-0.15, -0.1) is 11.3 Å². The Morgan fingerprint density at radius 1 is 1.14 bits per heavy atom. The predicted octanol–water partition coefficient (Wildman–Crippen LogP) is 5.22. The summed E-state index contributed by atoms with van der Waals surface area (Å²) in [5.41, 5.74) is 9.34. The van der Waals surface area contributed by atoms with Crippen LogP contribution in [-0.4, -0.2) is 45.7 Å². The van der Waals surface area contributed by atoms with Crippen molar-refractivity contribution in [1.82, 2.24) is 20.3 Å². The van der Waals surface area contributed by atoms with Crippen molar-refractivity contribution in [2.24, 2.45) is 0 Å². The number of aliphatic hydroxyl groups is 1. The lowest BCUT2D eigenvalue weighted by Gasteiger charge is -2.34. The lowest BCUT2D eigenvalue weighted by molar-refractivity contribution is 0.168. The van der Waals surface area contributed by atoms with Crippen LogP contribution in [0.3, 0.4) is 0 Å². The fourth-order valence-electron chi connectivity index (χ4n) is 5.52. The van der Waals surface area contributed by atoms with Gasteiger partial charge >= 0.3 is 0 Å². The van der Waals surface area contributed by atoms with E-state index in [9.17, 15) is 5.11 Å². The number of nitrogen functional groups attached to an aromatic ring is 1. The number of piperidine rings is 1. The fraction of sp³-hybridized carbons (Fsp3) is 0.345. The highest BCUT2D eigenvalue weighted by Gasteiger charge is 2.23. The molecule has 5 aromatic rings. The summed E-state index contributed by atoms with van der Waals surface area (Å²) in [4.78, 5) is 17.1. The highest BCUT2D eigenvalue weighted by Crippen LogP contribution is 2.38. The van der Waals surface area contributed by atoms with Crippen LogP contribution in [0.2, 0.25) is 0 Å². The number of nitrogens with two attached hydrogens (primary N) is 1. The van der Waals surface area contributed by atoms with Crippen molar-refractivity contribution in [1.29, 1.82) is 0 Å². The van der Waals surface area contributed by atoms with Gasteiger partial charge < -0.3 is 21.1 Å². The number of thiophene rings is 1. The smallest absolute Gasteiger partial charge is 0.144 e. The summed E-state index contributed by atoms with van der Waals surface area (Å²) in [7, 11) is 0. The van der Waals surface area contributed by atoms with Gasteiger partial charge in [-0.2, -0.15) is 0 Å². The number of hydrogen-bond donors (Lipinski definition) is 3. The predicted molar refractivity (Wildman–Crippen MR) is 153 cm³/mol. The van der Waals surface area contributed by atoms with Gasteiger partial charge in [0.15, 0.2) is 0 Å². The summed E-state index contributed by atoms with van der Waals surface area (Å²) in [5, 5.41) is 18.0. The first-order valence-electron chi connectivity index (χ1n) is 13.1. The minimum atomic E-state index is -0.534. The Morgan fingerprint density at radius 2 is 1.95 bits per heavy atom. The van der Waals surface area contributed by atoms with Crippen molar-refractivity contribution in [3.05, 3.63) is 66.0 Å². The zero-order valence-corrected chi connectivity index (χ0v) is 21.8. The van der Waals surface area contributed by atoms with Gasteiger partial charge in [0.2, 0.25) is 0 Å². The molecule has 37 heavy (non-hydrogen) atoms. The average Bonchev–Trinajstić information content (AvgIpc) is 3.32. The van der Waals surface area contributed by atoms with Crippen LogP contribution in [0.1, 0.15) is 43.4 Å². The molecule has 0 saturated carbocycles. The van der Waals surface area contributed by atoms with Crippen LogP contribution >= 0.6 is 11.3 Å². The van der Waals surface area contributed by atoms with E-state index in [-0.39, 0.29) is 0 Å². The fourth-order valence-corrected chi connectivity index (χ4v) is 6.59. The third-order valence-electron chi connectivity index (χ3n) is 7.44. The largest absolute Gasteiger partial charge is 0.387 e. The van der Waals surface area contributed by atoms with E-state index in [1.54, 1.807) is 17.7 Å². The average molecular weight is 513 g/mol. The third kappa shape index (κ3) is 4.61. The number of rotatable bonds is 7. The standard InChI is InChI=1S/C29H32N6OS/c1-2-6-19-15-24(34-29-25(19)26-27(37-29)28(30)33-17-32-26)35-13-11-20(12-14-35)31-16-23(36)22-10-5-8-18-7-3-4-9-21(18)22/h3-5,7-10,15,17,20,23,31,36H,2,6,11-14,16H2,1H3,(H2,30,32,33). The molecule has 1 atom stereocenters. The molecule has 4 N–H and O–H groups in total. The molecule has 1 aliphatic rings. The van der Waals surface area contributed by atoms with E-state index in [4.69, 9.17) is 10.7 Å². The van der Waals surface area contributed by atoms with Crippen molar-refractivity contribution in [3.8, 4) is 0 Å². The molecule has 0 aliphatic carbocycles. The van der Waals surface area contributed by atoms with Crippen LogP contribution in [0, 0.1) is 0 Å². The molecule has 4 heterocycles. The van der Waals surface area contributed by atoms with Crippen LogP contribution in [-0.2, 0) is 6.42 Å². The van der Waals surface area contributed by atoms with Crippen molar-refractivity contribution in [2.75, 3.05) is 30.3 Å². The molecular formula is C29H32N6OS. The molecule has 190 valence electrons. The third-order valence-corrected chi connectivity index (χ3v) is 8.54. The van der Waals surface area contributed by atoms with Crippen molar-refractivity contribution in [3.63, 3.8) is 0 Å². The molecule has 1 unspecified atom stereocenters. The summed E-state index contributed by atoms with van der Waals surface area (Å²) in [5.74, 6) is 1.55. The first kappa shape index (κ1) is 24.0. The zero-order valence-electron chi connectivity index (χ0n) is 21.0. The van der Waals surface area contributed by atoms with E-state index in [0.717, 1.165) is 81.4 Å². The van der Waals surface area contributed by atoms with Crippen LogP contribution in [0.25, 0.3) is 31.2 Å². The molecule has 1 saturated heterocycles. The second kappa shape index (κ2) is 10.2. The molecule has 6 rings (SSSR count). The summed E-state index contributed by atoms with van der Waals surface area (Å²) in [6.45, 7) is 4.61. The summed E-state index contributed by atoms with van der Waals surface area (Å²) < 4.78 is 0.923. The molecule has 0 bridgehead atoms. The number of anilines is 2. The summed E-state index contributed by atoms with van der Waals surface area (Å²) in [6, 6.07) is 17.0. The van der Waals surface area contributed by atoms with Crippen molar-refractivity contribution >= 4 is 54.2 Å². The van der Waals surface area contributed by atoms with Crippen molar-refractivity contribution in [2.45, 2.75) is 44.8 Å². The molecule has 0 radical (unpaired) electrons. The maximum Gasteiger partial charge on any atom is 0.144 e. The molecule has 7 nitrogen and oxygen atoms in total. The van der Waals surface area contributed by atoms with Crippen LogP contribution in [0.15, 0.2) is 54.9 Å². The van der Waals surface area contributed by atoms with Gasteiger partial charge in [-0.25, -0.2) is 15.0 Å². The Morgan fingerprint density at radius 3 is 2.78 bits per heavy atom. The van der Waals surface area contributed by atoms with E-state index < -0.39 is 6.10 Å². The molecule has 8 heteroatoms.